The standard InChI is InChI=1S/C16H25N3O3S/c1-2-16(8-3-4-9-16)15(20)19-13-6-5-7-14(12-13)23(21,22)18-11-10-17/h5-7,12,18H,2-4,8-11,17H2,1H3,(H,19,20). The number of sulfonamides is 1. The molecular weight excluding hydrogens is 314 g/mol. The summed E-state index contributed by atoms with van der Waals surface area (Å²) in [5.41, 5.74) is 5.52. The van der Waals surface area contributed by atoms with E-state index in [1.54, 1.807) is 12.1 Å². The van der Waals surface area contributed by atoms with Gasteiger partial charge in [0.2, 0.25) is 15.9 Å². The second kappa shape index (κ2) is 7.42. The zero-order valence-corrected chi connectivity index (χ0v) is 14.3. The molecular formula is C16H25N3O3S. The predicted octanol–water partition coefficient (Wildman–Crippen LogP) is 1.83. The minimum atomic E-state index is -3.60. The van der Waals surface area contributed by atoms with Crippen molar-refractivity contribution in [3.05, 3.63) is 24.3 Å². The van der Waals surface area contributed by atoms with Gasteiger partial charge < -0.3 is 11.1 Å². The van der Waals surface area contributed by atoms with Crippen LogP contribution in [0.2, 0.25) is 0 Å². The van der Waals surface area contributed by atoms with E-state index in [0.717, 1.165) is 32.1 Å². The van der Waals surface area contributed by atoms with Gasteiger partial charge in [-0.3, -0.25) is 4.79 Å². The third kappa shape index (κ3) is 4.10. The number of rotatable bonds is 7. The van der Waals surface area contributed by atoms with E-state index in [1.165, 1.54) is 12.1 Å². The van der Waals surface area contributed by atoms with Gasteiger partial charge in [0.25, 0.3) is 0 Å². The fourth-order valence-corrected chi connectivity index (χ4v) is 4.17. The summed E-state index contributed by atoms with van der Waals surface area (Å²) < 4.78 is 26.7. The predicted molar refractivity (Wildman–Crippen MR) is 90.5 cm³/mol. The monoisotopic (exact) mass is 339 g/mol. The normalized spacial score (nSPS) is 17.1. The van der Waals surface area contributed by atoms with Crippen molar-refractivity contribution >= 4 is 21.6 Å². The van der Waals surface area contributed by atoms with Gasteiger partial charge in [-0.05, 0) is 37.5 Å². The van der Waals surface area contributed by atoms with Crippen molar-refractivity contribution in [2.45, 2.75) is 43.9 Å². The van der Waals surface area contributed by atoms with Gasteiger partial charge in [-0.25, -0.2) is 13.1 Å². The molecule has 0 saturated heterocycles. The van der Waals surface area contributed by atoms with Gasteiger partial charge in [0.1, 0.15) is 0 Å². The molecule has 0 spiro atoms. The molecule has 23 heavy (non-hydrogen) atoms. The molecule has 0 heterocycles. The minimum Gasteiger partial charge on any atom is -0.329 e. The Balaban J connectivity index is 2.15. The third-order valence-electron chi connectivity index (χ3n) is 4.56. The molecule has 0 atom stereocenters. The van der Waals surface area contributed by atoms with E-state index in [-0.39, 0.29) is 29.3 Å². The van der Waals surface area contributed by atoms with Crippen molar-refractivity contribution in [3.8, 4) is 0 Å². The van der Waals surface area contributed by atoms with Crippen LogP contribution in [0.25, 0.3) is 0 Å². The summed E-state index contributed by atoms with van der Waals surface area (Å²) in [5, 5.41) is 2.89. The lowest BCUT2D eigenvalue weighted by molar-refractivity contribution is -0.125. The van der Waals surface area contributed by atoms with E-state index in [9.17, 15) is 13.2 Å². The van der Waals surface area contributed by atoms with Crippen LogP contribution in [0, 0.1) is 5.41 Å². The lowest BCUT2D eigenvalue weighted by atomic mass is 9.82. The summed E-state index contributed by atoms with van der Waals surface area (Å²) in [6.45, 7) is 2.44. The Morgan fingerprint density at radius 3 is 2.61 bits per heavy atom. The number of carbonyl (C=O) groups excluding carboxylic acids is 1. The van der Waals surface area contributed by atoms with Crippen LogP contribution < -0.4 is 15.8 Å². The second-order valence-corrected chi connectivity index (χ2v) is 7.78. The Morgan fingerprint density at radius 1 is 1.30 bits per heavy atom. The van der Waals surface area contributed by atoms with Crippen LogP contribution >= 0.6 is 0 Å². The van der Waals surface area contributed by atoms with Crippen LogP contribution in [0.1, 0.15) is 39.0 Å². The molecule has 7 heteroatoms. The van der Waals surface area contributed by atoms with Crippen molar-refractivity contribution in [2.75, 3.05) is 18.4 Å². The first-order chi connectivity index (χ1) is 10.9. The van der Waals surface area contributed by atoms with Gasteiger partial charge >= 0.3 is 0 Å². The summed E-state index contributed by atoms with van der Waals surface area (Å²) in [5.74, 6) is -0.0121. The third-order valence-corrected chi connectivity index (χ3v) is 6.02. The summed E-state index contributed by atoms with van der Waals surface area (Å²) in [6, 6.07) is 6.31. The number of amides is 1. The number of nitrogens with one attached hydrogen (secondary N) is 2. The van der Waals surface area contributed by atoms with Gasteiger partial charge in [-0.15, -0.1) is 0 Å². The maximum atomic E-state index is 12.6. The molecule has 4 N–H and O–H groups in total. The molecule has 0 aliphatic heterocycles. The fraction of sp³-hybridized carbons (Fsp3) is 0.562. The van der Waals surface area contributed by atoms with Crippen LogP contribution in [0.4, 0.5) is 5.69 Å². The number of anilines is 1. The molecule has 1 aliphatic carbocycles. The first-order valence-electron chi connectivity index (χ1n) is 8.05. The Kier molecular flexibility index (Phi) is 5.78. The van der Waals surface area contributed by atoms with Crippen LogP contribution in [0.5, 0.6) is 0 Å². The molecule has 0 unspecified atom stereocenters. The van der Waals surface area contributed by atoms with E-state index in [0.29, 0.717) is 5.69 Å². The highest BCUT2D eigenvalue weighted by molar-refractivity contribution is 7.89. The van der Waals surface area contributed by atoms with Crippen molar-refractivity contribution in [2.24, 2.45) is 11.1 Å². The number of nitrogens with two attached hydrogens (primary N) is 1. The number of benzene rings is 1. The lowest BCUT2D eigenvalue weighted by Crippen LogP contribution is -2.33. The van der Waals surface area contributed by atoms with Crippen molar-refractivity contribution in [3.63, 3.8) is 0 Å². The molecule has 0 bridgehead atoms. The molecule has 6 nitrogen and oxygen atoms in total. The number of carbonyl (C=O) groups is 1. The average molecular weight is 339 g/mol. The second-order valence-electron chi connectivity index (χ2n) is 6.01. The van der Waals surface area contributed by atoms with E-state index in [2.05, 4.69) is 10.0 Å². The smallest absolute Gasteiger partial charge is 0.240 e. The molecule has 1 fully saturated rings. The number of hydrogen-bond acceptors (Lipinski definition) is 4. The van der Waals surface area contributed by atoms with E-state index in [1.807, 2.05) is 6.92 Å². The molecule has 1 amide bonds. The quantitative estimate of drug-likeness (QED) is 0.705. The van der Waals surface area contributed by atoms with Crippen molar-refractivity contribution in [1.29, 1.82) is 0 Å². The number of hydrogen-bond donors (Lipinski definition) is 3. The molecule has 1 aromatic carbocycles. The Bertz CT molecular complexity index is 652. The van der Waals surface area contributed by atoms with Crippen LogP contribution in [0.15, 0.2) is 29.2 Å². The van der Waals surface area contributed by atoms with E-state index in [4.69, 9.17) is 5.73 Å². The Hall–Kier alpha value is -1.44. The highest BCUT2D eigenvalue weighted by atomic mass is 32.2. The van der Waals surface area contributed by atoms with E-state index >= 15 is 0 Å². The summed E-state index contributed by atoms with van der Waals surface area (Å²) in [6.07, 6.45) is 4.73. The van der Waals surface area contributed by atoms with Crippen molar-refractivity contribution in [1.82, 2.24) is 4.72 Å². The first kappa shape index (κ1) is 17.9. The van der Waals surface area contributed by atoms with Crippen molar-refractivity contribution < 1.29 is 13.2 Å². The first-order valence-corrected chi connectivity index (χ1v) is 9.53. The molecule has 0 aromatic heterocycles. The Labute approximate surface area is 137 Å². The SMILES string of the molecule is CCC1(C(=O)Nc2cccc(S(=O)(=O)NCCN)c2)CCCC1. The fourth-order valence-electron chi connectivity index (χ4n) is 3.07. The Morgan fingerprint density at radius 2 is 2.00 bits per heavy atom. The largest absolute Gasteiger partial charge is 0.329 e. The molecule has 1 aliphatic rings. The van der Waals surface area contributed by atoms with Crippen LogP contribution in [-0.2, 0) is 14.8 Å². The zero-order valence-electron chi connectivity index (χ0n) is 13.5. The molecule has 0 radical (unpaired) electrons. The van der Waals surface area contributed by atoms with Crippen LogP contribution in [-0.4, -0.2) is 27.4 Å². The van der Waals surface area contributed by atoms with Gasteiger partial charge in [-0.1, -0.05) is 25.8 Å². The van der Waals surface area contributed by atoms with Gasteiger partial charge in [0.05, 0.1) is 4.90 Å². The molecule has 2 rings (SSSR count). The van der Waals surface area contributed by atoms with Gasteiger partial charge in [0, 0.05) is 24.2 Å². The average Bonchev–Trinajstić information content (AvgIpc) is 3.03. The maximum Gasteiger partial charge on any atom is 0.240 e. The van der Waals surface area contributed by atoms with Crippen LogP contribution in [0.3, 0.4) is 0 Å². The minimum absolute atomic E-state index is 0.0121. The van der Waals surface area contributed by atoms with Gasteiger partial charge in [-0.2, -0.15) is 0 Å². The highest BCUT2D eigenvalue weighted by Gasteiger charge is 2.39. The summed E-state index contributed by atoms with van der Waals surface area (Å²) in [4.78, 5) is 12.7. The van der Waals surface area contributed by atoms with E-state index < -0.39 is 10.0 Å². The summed E-state index contributed by atoms with van der Waals surface area (Å²) in [7, 11) is -3.60. The highest BCUT2D eigenvalue weighted by Crippen LogP contribution is 2.41. The zero-order chi connectivity index (χ0) is 16.9. The lowest BCUT2D eigenvalue weighted by Gasteiger charge is -2.26. The topological polar surface area (TPSA) is 101 Å². The molecule has 1 aromatic rings. The maximum absolute atomic E-state index is 12.6. The van der Waals surface area contributed by atoms with Gasteiger partial charge in [0.15, 0.2) is 0 Å². The summed E-state index contributed by atoms with van der Waals surface area (Å²) >= 11 is 0. The molecule has 1 saturated carbocycles. The molecule has 128 valence electrons.